The molecule has 2 heterocycles. The van der Waals surface area contributed by atoms with Crippen molar-refractivity contribution in [1.29, 1.82) is 0 Å². The highest BCUT2D eigenvalue weighted by Gasteiger charge is 2.11. The summed E-state index contributed by atoms with van der Waals surface area (Å²) < 4.78 is 5.12. The third-order valence-corrected chi connectivity index (χ3v) is 3.79. The third-order valence-electron chi connectivity index (χ3n) is 2.60. The van der Waals surface area contributed by atoms with Crippen LogP contribution in [0, 0.1) is 0 Å². The third kappa shape index (κ3) is 4.16. The number of aliphatic imine (C=N–C) groups is 1. The quantitative estimate of drug-likeness (QED) is 0.692. The number of carbonyl (C=O) groups excluding carboxylic acids is 1. The number of halogens is 2. The van der Waals surface area contributed by atoms with Crippen LogP contribution in [0.3, 0.4) is 0 Å². The second kappa shape index (κ2) is 6.91. The van der Waals surface area contributed by atoms with Crippen molar-refractivity contribution >= 4 is 56.9 Å². The van der Waals surface area contributed by atoms with E-state index in [0.29, 0.717) is 31.6 Å². The molecule has 2 aromatic heterocycles. The predicted molar refractivity (Wildman–Crippen MR) is 90.3 cm³/mol. The van der Waals surface area contributed by atoms with E-state index in [2.05, 4.69) is 20.5 Å². The Labute approximate surface area is 144 Å². The molecule has 3 rings (SSSR count). The summed E-state index contributed by atoms with van der Waals surface area (Å²) in [5.74, 6) is 0.214. The van der Waals surface area contributed by atoms with Gasteiger partial charge in [-0.05, 0) is 30.3 Å². The molecule has 1 aromatic carbocycles. The standard InChI is InChI=1S/C14H8Cl2N4O2S/c15-9-4-8(5-10(16)6-9)12(21)18-14-20-19-13(23-14)17-7-11-2-1-3-22-11/h1-7H,(H,18,20,21)/b17-7+. The number of rotatable bonds is 4. The van der Waals surface area contributed by atoms with Gasteiger partial charge in [-0.25, -0.2) is 4.99 Å². The SMILES string of the molecule is O=C(Nc1nnc(/N=C/c2ccco2)s1)c1cc(Cl)cc(Cl)c1. The van der Waals surface area contributed by atoms with Gasteiger partial charge in [0.15, 0.2) is 0 Å². The van der Waals surface area contributed by atoms with E-state index in [1.807, 2.05) is 0 Å². The van der Waals surface area contributed by atoms with Crippen LogP contribution in [-0.4, -0.2) is 22.3 Å². The Morgan fingerprint density at radius 2 is 2.04 bits per heavy atom. The van der Waals surface area contributed by atoms with Crippen LogP contribution in [0.1, 0.15) is 16.1 Å². The molecule has 116 valence electrons. The number of furan rings is 1. The van der Waals surface area contributed by atoms with E-state index in [1.165, 1.54) is 18.3 Å². The van der Waals surface area contributed by atoms with E-state index in [0.717, 1.165) is 11.3 Å². The number of nitrogens with zero attached hydrogens (tertiary/aromatic N) is 3. The van der Waals surface area contributed by atoms with Crippen LogP contribution in [0.5, 0.6) is 0 Å². The highest BCUT2D eigenvalue weighted by atomic mass is 35.5. The fourth-order valence-electron chi connectivity index (χ4n) is 1.66. The molecule has 6 nitrogen and oxygen atoms in total. The smallest absolute Gasteiger partial charge is 0.257 e. The first-order chi connectivity index (χ1) is 11.1. The summed E-state index contributed by atoms with van der Waals surface area (Å²) in [4.78, 5) is 16.2. The minimum Gasteiger partial charge on any atom is -0.463 e. The maximum Gasteiger partial charge on any atom is 0.257 e. The van der Waals surface area contributed by atoms with Gasteiger partial charge >= 0.3 is 0 Å². The van der Waals surface area contributed by atoms with Gasteiger partial charge in [-0.1, -0.05) is 34.5 Å². The molecule has 1 amide bonds. The van der Waals surface area contributed by atoms with Gasteiger partial charge in [0.05, 0.1) is 12.5 Å². The largest absolute Gasteiger partial charge is 0.463 e. The molecule has 0 spiro atoms. The monoisotopic (exact) mass is 366 g/mol. The summed E-state index contributed by atoms with van der Waals surface area (Å²) in [5.41, 5.74) is 0.332. The lowest BCUT2D eigenvalue weighted by atomic mass is 10.2. The Kier molecular flexibility index (Phi) is 4.71. The molecule has 0 saturated heterocycles. The first-order valence-corrected chi connectivity index (χ1v) is 7.86. The Morgan fingerprint density at radius 3 is 2.74 bits per heavy atom. The Hall–Kier alpha value is -2.22. The van der Waals surface area contributed by atoms with Crippen LogP contribution >= 0.6 is 34.5 Å². The molecule has 0 unspecified atom stereocenters. The van der Waals surface area contributed by atoms with E-state index >= 15 is 0 Å². The van der Waals surface area contributed by atoms with Crippen molar-refractivity contribution < 1.29 is 9.21 Å². The van der Waals surface area contributed by atoms with Crippen molar-refractivity contribution in [3.63, 3.8) is 0 Å². The molecule has 23 heavy (non-hydrogen) atoms. The van der Waals surface area contributed by atoms with E-state index < -0.39 is 0 Å². The number of hydrogen-bond acceptors (Lipinski definition) is 6. The second-order valence-electron chi connectivity index (χ2n) is 4.28. The van der Waals surface area contributed by atoms with Gasteiger partial charge in [0.2, 0.25) is 10.3 Å². The minimum absolute atomic E-state index is 0.317. The summed E-state index contributed by atoms with van der Waals surface area (Å²) >= 11 is 12.9. The zero-order chi connectivity index (χ0) is 16.2. The maximum atomic E-state index is 12.1. The lowest BCUT2D eigenvalue weighted by Gasteiger charge is -2.02. The number of amides is 1. The molecule has 0 saturated carbocycles. The Balaban J connectivity index is 1.70. The van der Waals surface area contributed by atoms with Crippen molar-refractivity contribution in [1.82, 2.24) is 10.2 Å². The second-order valence-corrected chi connectivity index (χ2v) is 6.10. The van der Waals surface area contributed by atoms with Crippen molar-refractivity contribution in [2.75, 3.05) is 5.32 Å². The summed E-state index contributed by atoms with van der Waals surface area (Å²) in [7, 11) is 0. The molecule has 0 radical (unpaired) electrons. The average Bonchev–Trinajstić information content (AvgIpc) is 3.15. The van der Waals surface area contributed by atoms with Gasteiger partial charge < -0.3 is 4.42 Å². The van der Waals surface area contributed by atoms with Crippen LogP contribution in [0.25, 0.3) is 0 Å². The fraction of sp³-hybridized carbons (Fsp3) is 0. The lowest BCUT2D eigenvalue weighted by Crippen LogP contribution is -2.11. The molecule has 0 fully saturated rings. The van der Waals surface area contributed by atoms with Gasteiger partial charge in [0.25, 0.3) is 5.91 Å². The summed E-state index contributed by atoms with van der Waals surface area (Å²) in [6, 6.07) is 8.09. The normalized spacial score (nSPS) is 11.0. The number of benzene rings is 1. The minimum atomic E-state index is -0.382. The van der Waals surface area contributed by atoms with Crippen molar-refractivity contribution in [2.45, 2.75) is 0 Å². The van der Waals surface area contributed by atoms with Crippen LogP contribution in [0.4, 0.5) is 10.3 Å². The number of anilines is 1. The molecule has 0 atom stereocenters. The first kappa shape index (κ1) is 15.7. The van der Waals surface area contributed by atoms with E-state index in [4.69, 9.17) is 27.6 Å². The summed E-state index contributed by atoms with van der Waals surface area (Å²) in [5, 5.41) is 11.8. The highest BCUT2D eigenvalue weighted by molar-refractivity contribution is 7.18. The van der Waals surface area contributed by atoms with E-state index in [9.17, 15) is 4.79 Å². The molecular weight excluding hydrogens is 359 g/mol. The molecule has 1 N–H and O–H groups in total. The highest BCUT2D eigenvalue weighted by Crippen LogP contribution is 2.24. The molecule has 0 bridgehead atoms. The Morgan fingerprint density at radius 1 is 1.26 bits per heavy atom. The number of hydrogen-bond donors (Lipinski definition) is 1. The Bertz CT molecular complexity index is 841. The summed E-state index contributed by atoms with van der Waals surface area (Å²) in [6.07, 6.45) is 3.06. The average molecular weight is 367 g/mol. The van der Waals surface area contributed by atoms with Gasteiger partial charge in [-0.15, -0.1) is 10.2 Å². The molecule has 3 aromatic rings. The number of carbonyl (C=O) groups is 1. The predicted octanol–water partition coefficient (Wildman–Crippen LogP) is 4.44. The lowest BCUT2D eigenvalue weighted by molar-refractivity contribution is 0.102. The first-order valence-electron chi connectivity index (χ1n) is 6.29. The van der Waals surface area contributed by atoms with Crippen LogP contribution < -0.4 is 5.32 Å². The topological polar surface area (TPSA) is 80.4 Å². The maximum absolute atomic E-state index is 12.1. The van der Waals surface area contributed by atoms with Gasteiger partial charge in [-0.2, -0.15) is 0 Å². The number of nitrogens with one attached hydrogen (secondary N) is 1. The fourth-order valence-corrected chi connectivity index (χ4v) is 2.77. The molecule has 0 aliphatic carbocycles. The number of aromatic nitrogens is 2. The van der Waals surface area contributed by atoms with Gasteiger partial charge in [0, 0.05) is 15.6 Å². The molecule has 0 aliphatic heterocycles. The van der Waals surface area contributed by atoms with Crippen LogP contribution in [0.2, 0.25) is 10.0 Å². The van der Waals surface area contributed by atoms with Crippen LogP contribution in [0.15, 0.2) is 46.0 Å². The van der Waals surface area contributed by atoms with Crippen LogP contribution in [-0.2, 0) is 0 Å². The van der Waals surface area contributed by atoms with E-state index in [-0.39, 0.29) is 5.91 Å². The van der Waals surface area contributed by atoms with Crippen molar-refractivity contribution in [3.05, 3.63) is 58.0 Å². The van der Waals surface area contributed by atoms with Gasteiger partial charge in [-0.3, -0.25) is 10.1 Å². The molecule has 0 aliphatic rings. The summed E-state index contributed by atoms with van der Waals surface area (Å²) in [6.45, 7) is 0. The molecule has 9 heteroatoms. The van der Waals surface area contributed by atoms with Crippen molar-refractivity contribution in [3.8, 4) is 0 Å². The van der Waals surface area contributed by atoms with E-state index in [1.54, 1.807) is 24.5 Å². The molecular formula is C14H8Cl2N4O2S. The van der Waals surface area contributed by atoms with Crippen molar-refractivity contribution in [2.24, 2.45) is 4.99 Å². The zero-order valence-electron chi connectivity index (χ0n) is 11.4. The van der Waals surface area contributed by atoms with Gasteiger partial charge in [0.1, 0.15) is 5.76 Å². The zero-order valence-corrected chi connectivity index (χ0v) is 13.7.